The third kappa shape index (κ3) is 2.15. The number of amides is 1. The van der Waals surface area contributed by atoms with Gasteiger partial charge in [0.15, 0.2) is 11.6 Å². The van der Waals surface area contributed by atoms with E-state index in [1.807, 2.05) is 0 Å². The molecule has 1 aliphatic heterocycles. The molecule has 0 bridgehead atoms. The van der Waals surface area contributed by atoms with Crippen LogP contribution in [-0.4, -0.2) is 18.2 Å². The number of carbonyl (C=O) groups excluding carboxylic acids is 2. The second-order valence-electron chi connectivity index (χ2n) is 3.73. The third-order valence-corrected chi connectivity index (χ3v) is 2.52. The van der Waals surface area contributed by atoms with E-state index in [-0.39, 0.29) is 25.2 Å². The van der Waals surface area contributed by atoms with Crippen LogP contribution in [0.5, 0.6) is 0 Å². The summed E-state index contributed by atoms with van der Waals surface area (Å²) in [7, 11) is 0. The van der Waals surface area contributed by atoms with E-state index in [0.717, 1.165) is 4.90 Å². The predicted octanol–water partition coefficient (Wildman–Crippen LogP) is 1.80. The summed E-state index contributed by atoms with van der Waals surface area (Å²) in [5.41, 5.74) is -0.594. The lowest BCUT2D eigenvalue weighted by molar-refractivity contribution is -0.128. The summed E-state index contributed by atoms with van der Waals surface area (Å²) in [6, 6.07) is 1.00. The summed E-state index contributed by atoms with van der Waals surface area (Å²) >= 11 is 0. The fourth-order valence-corrected chi connectivity index (χ4v) is 1.74. The average molecular weight is 243 g/mol. The van der Waals surface area contributed by atoms with Crippen molar-refractivity contribution in [3.8, 4) is 0 Å². The van der Waals surface area contributed by atoms with Gasteiger partial charge >= 0.3 is 0 Å². The largest absolute Gasteiger partial charge is 0.306 e. The molecule has 1 aromatic carbocycles. The predicted molar refractivity (Wildman–Crippen MR) is 52.9 cm³/mol. The SMILES string of the molecule is O=C1CCN(c2c(F)cc(F)cc2F)C(=O)C1. The molecule has 90 valence electrons. The summed E-state index contributed by atoms with van der Waals surface area (Å²) < 4.78 is 39.5. The third-order valence-electron chi connectivity index (χ3n) is 2.52. The number of carbonyl (C=O) groups is 2. The van der Waals surface area contributed by atoms with E-state index in [2.05, 4.69) is 0 Å². The van der Waals surface area contributed by atoms with E-state index in [1.54, 1.807) is 0 Å². The molecule has 17 heavy (non-hydrogen) atoms. The molecular formula is C11H8F3NO2. The van der Waals surface area contributed by atoms with E-state index in [1.165, 1.54) is 0 Å². The minimum absolute atomic E-state index is 0.0436. The Labute approximate surface area is 94.8 Å². The number of Topliss-reactive ketones (excluding diaryl/α,β-unsaturated/α-hetero) is 1. The lowest BCUT2D eigenvalue weighted by atomic mass is 10.1. The van der Waals surface area contributed by atoms with Crippen LogP contribution in [0.3, 0.4) is 0 Å². The van der Waals surface area contributed by atoms with Crippen LogP contribution in [0.25, 0.3) is 0 Å². The second kappa shape index (κ2) is 4.20. The molecule has 0 unspecified atom stereocenters. The minimum atomic E-state index is -1.15. The van der Waals surface area contributed by atoms with Crippen molar-refractivity contribution in [1.29, 1.82) is 0 Å². The number of halogens is 3. The molecule has 1 heterocycles. The molecule has 2 rings (SSSR count). The first-order chi connectivity index (χ1) is 7.99. The Morgan fingerprint density at radius 1 is 1.06 bits per heavy atom. The molecule has 0 radical (unpaired) electrons. The van der Waals surface area contributed by atoms with Gasteiger partial charge in [0, 0.05) is 25.1 Å². The Morgan fingerprint density at radius 2 is 1.65 bits per heavy atom. The van der Waals surface area contributed by atoms with E-state index in [0.29, 0.717) is 12.1 Å². The van der Waals surface area contributed by atoms with Crippen molar-refractivity contribution < 1.29 is 22.8 Å². The van der Waals surface area contributed by atoms with Crippen LogP contribution < -0.4 is 4.90 Å². The molecule has 0 spiro atoms. The number of nitrogens with zero attached hydrogens (tertiary/aromatic N) is 1. The van der Waals surface area contributed by atoms with Gasteiger partial charge in [0.25, 0.3) is 0 Å². The molecule has 0 aliphatic carbocycles. The fraction of sp³-hybridized carbons (Fsp3) is 0.273. The second-order valence-corrected chi connectivity index (χ2v) is 3.73. The first kappa shape index (κ1) is 11.6. The Bertz CT molecular complexity index is 478. The van der Waals surface area contributed by atoms with E-state index >= 15 is 0 Å². The average Bonchev–Trinajstić information content (AvgIpc) is 2.19. The highest BCUT2D eigenvalue weighted by Gasteiger charge is 2.29. The highest BCUT2D eigenvalue weighted by Crippen LogP contribution is 2.27. The number of hydrogen-bond acceptors (Lipinski definition) is 2. The summed E-state index contributed by atoms with van der Waals surface area (Å²) in [5, 5.41) is 0. The van der Waals surface area contributed by atoms with Gasteiger partial charge in [-0.1, -0.05) is 0 Å². The van der Waals surface area contributed by atoms with Crippen molar-refractivity contribution in [2.75, 3.05) is 11.4 Å². The van der Waals surface area contributed by atoms with Crippen molar-refractivity contribution in [3.63, 3.8) is 0 Å². The Balaban J connectivity index is 2.40. The monoisotopic (exact) mass is 243 g/mol. The molecule has 6 heteroatoms. The van der Waals surface area contributed by atoms with Crippen molar-refractivity contribution in [2.45, 2.75) is 12.8 Å². The number of hydrogen-bond donors (Lipinski definition) is 0. The van der Waals surface area contributed by atoms with Crippen LogP contribution in [-0.2, 0) is 9.59 Å². The fourth-order valence-electron chi connectivity index (χ4n) is 1.74. The molecule has 1 saturated heterocycles. The molecule has 1 amide bonds. The van der Waals surface area contributed by atoms with Gasteiger partial charge in [-0.05, 0) is 0 Å². The highest BCUT2D eigenvalue weighted by molar-refractivity contribution is 6.08. The molecule has 3 nitrogen and oxygen atoms in total. The Kier molecular flexibility index (Phi) is 2.87. The highest BCUT2D eigenvalue weighted by atomic mass is 19.1. The van der Waals surface area contributed by atoms with Gasteiger partial charge in [-0.15, -0.1) is 0 Å². The first-order valence-corrected chi connectivity index (χ1v) is 4.95. The van der Waals surface area contributed by atoms with Gasteiger partial charge in [0.2, 0.25) is 5.91 Å². The van der Waals surface area contributed by atoms with Crippen molar-refractivity contribution in [3.05, 3.63) is 29.6 Å². The molecule has 0 saturated carbocycles. The number of benzene rings is 1. The molecule has 1 aromatic rings. The molecule has 0 aromatic heterocycles. The topological polar surface area (TPSA) is 37.4 Å². The van der Waals surface area contributed by atoms with Crippen LogP contribution in [0.2, 0.25) is 0 Å². The lowest BCUT2D eigenvalue weighted by Crippen LogP contribution is -2.40. The van der Waals surface area contributed by atoms with E-state index in [4.69, 9.17) is 0 Å². The summed E-state index contributed by atoms with van der Waals surface area (Å²) in [6.07, 6.45) is -0.335. The zero-order valence-corrected chi connectivity index (χ0v) is 8.67. The molecule has 0 atom stereocenters. The number of piperidine rings is 1. The molecule has 1 fully saturated rings. The number of rotatable bonds is 1. The summed E-state index contributed by atoms with van der Waals surface area (Å²) in [5.74, 6) is -4.29. The lowest BCUT2D eigenvalue weighted by Gasteiger charge is -2.26. The first-order valence-electron chi connectivity index (χ1n) is 4.95. The number of anilines is 1. The van der Waals surface area contributed by atoms with Crippen molar-refractivity contribution in [2.24, 2.45) is 0 Å². The molecule has 0 N–H and O–H groups in total. The smallest absolute Gasteiger partial charge is 0.234 e. The van der Waals surface area contributed by atoms with Crippen LogP contribution in [0.4, 0.5) is 18.9 Å². The van der Waals surface area contributed by atoms with Crippen LogP contribution >= 0.6 is 0 Å². The number of ketones is 1. The standard InChI is InChI=1S/C11H8F3NO2/c12-6-3-8(13)11(9(14)4-6)15-2-1-7(16)5-10(15)17/h3-4H,1-2,5H2. The van der Waals surface area contributed by atoms with Gasteiger partial charge in [-0.25, -0.2) is 13.2 Å². The van der Waals surface area contributed by atoms with Gasteiger partial charge in [0.1, 0.15) is 17.3 Å². The maximum absolute atomic E-state index is 13.4. The normalized spacial score (nSPS) is 16.5. The van der Waals surface area contributed by atoms with Crippen LogP contribution in [0, 0.1) is 17.5 Å². The minimum Gasteiger partial charge on any atom is -0.306 e. The van der Waals surface area contributed by atoms with Gasteiger partial charge < -0.3 is 4.90 Å². The summed E-state index contributed by atoms with van der Waals surface area (Å²) in [4.78, 5) is 23.3. The molecular weight excluding hydrogens is 235 g/mol. The van der Waals surface area contributed by atoms with Gasteiger partial charge in [-0.2, -0.15) is 0 Å². The van der Waals surface area contributed by atoms with Crippen LogP contribution in [0.15, 0.2) is 12.1 Å². The summed E-state index contributed by atoms with van der Waals surface area (Å²) in [6.45, 7) is -0.0862. The van der Waals surface area contributed by atoms with Crippen molar-refractivity contribution in [1.82, 2.24) is 0 Å². The van der Waals surface area contributed by atoms with E-state index < -0.39 is 29.0 Å². The maximum atomic E-state index is 13.4. The van der Waals surface area contributed by atoms with Gasteiger partial charge in [0.05, 0.1) is 6.42 Å². The van der Waals surface area contributed by atoms with Crippen molar-refractivity contribution >= 4 is 17.4 Å². The van der Waals surface area contributed by atoms with E-state index in [9.17, 15) is 22.8 Å². The van der Waals surface area contributed by atoms with Gasteiger partial charge in [-0.3, -0.25) is 9.59 Å². The zero-order valence-electron chi connectivity index (χ0n) is 8.67. The molecule has 1 aliphatic rings. The quantitative estimate of drug-likeness (QED) is 0.705. The Morgan fingerprint density at radius 3 is 2.18 bits per heavy atom. The maximum Gasteiger partial charge on any atom is 0.234 e. The zero-order chi connectivity index (χ0) is 12.6. The Hall–Kier alpha value is -1.85. The van der Waals surface area contributed by atoms with Crippen LogP contribution in [0.1, 0.15) is 12.8 Å².